The van der Waals surface area contributed by atoms with Crippen molar-refractivity contribution in [3.63, 3.8) is 0 Å². The SMILES string of the molecule is CN(C)S(=O)(=O)CCNc1nc(=O)n(-c2ccccc2Cl)c2nc(Cl)ccc12. The predicted molar refractivity (Wildman–Crippen MR) is 111 cm³/mol. The molecule has 0 aliphatic heterocycles. The number of nitrogens with zero attached hydrogens (tertiary/aromatic N) is 4. The Morgan fingerprint density at radius 2 is 1.82 bits per heavy atom. The quantitative estimate of drug-likeness (QED) is 0.589. The Labute approximate surface area is 171 Å². The van der Waals surface area contributed by atoms with Gasteiger partial charge in [-0.15, -0.1) is 0 Å². The molecule has 0 atom stereocenters. The third kappa shape index (κ3) is 4.12. The van der Waals surface area contributed by atoms with Crippen LogP contribution in [-0.2, 0) is 10.0 Å². The molecule has 2 aromatic heterocycles. The highest BCUT2D eigenvalue weighted by molar-refractivity contribution is 7.89. The zero-order chi connectivity index (χ0) is 20.5. The van der Waals surface area contributed by atoms with Crippen LogP contribution in [0.2, 0.25) is 10.2 Å². The van der Waals surface area contributed by atoms with Gasteiger partial charge in [0.1, 0.15) is 11.0 Å². The number of anilines is 1. The minimum Gasteiger partial charge on any atom is -0.368 e. The first-order valence-corrected chi connectivity index (χ1v) is 10.6. The molecule has 3 rings (SSSR count). The lowest BCUT2D eigenvalue weighted by atomic mass is 10.2. The Morgan fingerprint density at radius 3 is 2.50 bits per heavy atom. The van der Waals surface area contributed by atoms with E-state index in [4.69, 9.17) is 23.2 Å². The minimum atomic E-state index is -3.39. The zero-order valence-corrected chi connectivity index (χ0v) is 17.4. The fourth-order valence-corrected chi connectivity index (χ4v) is 3.63. The molecule has 1 aromatic carbocycles. The van der Waals surface area contributed by atoms with E-state index in [9.17, 15) is 13.2 Å². The highest BCUT2D eigenvalue weighted by atomic mass is 35.5. The molecule has 0 amide bonds. The third-order valence-electron chi connectivity index (χ3n) is 4.01. The molecule has 0 aliphatic rings. The fraction of sp³-hybridized carbons (Fsp3) is 0.235. The van der Waals surface area contributed by atoms with Gasteiger partial charge in [-0.25, -0.2) is 27.1 Å². The number of rotatable bonds is 6. The number of para-hydroxylation sites is 1. The maximum Gasteiger partial charge on any atom is 0.355 e. The first-order valence-electron chi connectivity index (χ1n) is 8.19. The van der Waals surface area contributed by atoms with Crippen molar-refractivity contribution in [1.29, 1.82) is 0 Å². The fourth-order valence-electron chi connectivity index (χ4n) is 2.54. The molecule has 1 N–H and O–H groups in total. The number of fused-ring (bicyclic) bond motifs is 1. The molecule has 0 spiro atoms. The summed E-state index contributed by atoms with van der Waals surface area (Å²) in [4.78, 5) is 21.1. The third-order valence-corrected chi connectivity index (χ3v) is 6.37. The standard InChI is InChI=1S/C17H17Cl2N5O3S/c1-23(2)28(26,27)10-9-20-15-11-7-8-14(19)21-16(11)24(17(25)22-15)13-6-4-3-5-12(13)18/h3-8H,9-10H2,1-2H3,(H,20,22,25). The van der Waals surface area contributed by atoms with Crippen molar-refractivity contribution < 1.29 is 8.42 Å². The van der Waals surface area contributed by atoms with Gasteiger partial charge in [0.15, 0.2) is 5.65 Å². The number of hydrogen-bond acceptors (Lipinski definition) is 6. The van der Waals surface area contributed by atoms with Crippen LogP contribution < -0.4 is 11.0 Å². The summed E-state index contributed by atoms with van der Waals surface area (Å²) in [7, 11) is -0.474. The van der Waals surface area contributed by atoms with Crippen molar-refractivity contribution in [2.45, 2.75) is 0 Å². The summed E-state index contributed by atoms with van der Waals surface area (Å²) in [6, 6.07) is 10.0. The zero-order valence-electron chi connectivity index (χ0n) is 15.1. The van der Waals surface area contributed by atoms with Crippen molar-refractivity contribution in [3.05, 3.63) is 57.1 Å². The number of nitrogens with one attached hydrogen (secondary N) is 1. The monoisotopic (exact) mass is 441 g/mol. The molecule has 2 heterocycles. The van der Waals surface area contributed by atoms with Crippen molar-refractivity contribution in [2.24, 2.45) is 0 Å². The van der Waals surface area contributed by atoms with E-state index >= 15 is 0 Å². The van der Waals surface area contributed by atoms with Crippen LogP contribution in [0.1, 0.15) is 0 Å². The van der Waals surface area contributed by atoms with Crippen molar-refractivity contribution in [1.82, 2.24) is 18.8 Å². The van der Waals surface area contributed by atoms with Crippen LogP contribution in [0.25, 0.3) is 16.7 Å². The predicted octanol–water partition coefficient (Wildman–Crippen LogP) is 2.39. The summed E-state index contributed by atoms with van der Waals surface area (Å²) in [6.45, 7) is 0.0702. The largest absolute Gasteiger partial charge is 0.368 e. The van der Waals surface area contributed by atoms with Crippen molar-refractivity contribution in [3.8, 4) is 5.69 Å². The van der Waals surface area contributed by atoms with Gasteiger partial charge in [-0.3, -0.25) is 0 Å². The second-order valence-corrected chi connectivity index (χ2v) is 9.16. The Balaban J connectivity index is 2.09. The van der Waals surface area contributed by atoms with Gasteiger partial charge >= 0.3 is 5.69 Å². The second kappa shape index (κ2) is 8.04. The van der Waals surface area contributed by atoms with Gasteiger partial charge in [0.25, 0.3) is 0 Å². The van der Waals surface area contributed by atoms with Gasteiger partial charge in [0.05, 0.1) is 21.8 Å². The van der Waals surface area contributed by atoms with Gasteiger partial charge in [-0.1, -0.05) is 35.3 Å². The maximum atomic E-state index is 12.7. The molecule has 3 aromatic rings. The summed E-state index contributed by atoms with van der Waals surface area (Å²) in [5.74, 6) is 0.0686. The summed E-state index contributed by atoms with van der Waals surface area (Å²) < 4.78 is 26.3. The van der Waals surface area contributed by atoms with E-state index in [0.717, 1.165) is 4.31 Å². The number of sulfonamides is 1. The molecule has 28 heavy (non-hydrogen) atoms. The summed E-state index contributed by atoms with van der Waals surface area (Å²) in [6.07, 6.45) is 0. The molecule has 0 radical (unpaired) electrons. The topological polar surface area (TPSA) is 97.2 Å². The van der Waals surface area contributed by atoms with Crippen LogP contribution in [0.15, 0.2) is 41.2 Å². The van der Waals surface area contributed by atoms with Gasteiger partial charge in [0.2, 0.25) is 10.0 Å². The Bertz CT molecular complexity index is 1200. The van der Waals surface area contributed by atoms with Crippen LogP contribution in [0.3, 0.4) is 0 Å². The highest BCUT2D eigenvalue weighted by Crippen LogP contribution is 2.25. The first-order chi connectivity index (χ1) is 13.2. The lowest BCUT2D eigenvalue weighted by Gasteiger charge is -2.15. The van der Waals surface area contributed by atoms with Crippen LogP contribution in [0.5, 0.6) is 0 Å². The Hall–Kier alpha value is -2.20. The van der Waals surface area contributed by atoms with E-state index in [-0.39, 0.29) is 28.9 Å². The molecule has 148 valence electrons. The highest BCUT2D eigenvalue weighted by Gasteiger charge is 2.17. The molecule has 11 heteroatoms. The van der Waals surface area contributed by atoms with Gasteiger partial charge < -0.3 is 5.32 Å². The molecular weight excluding hydrogens is 425 g/mol. The number of halogens is 2. The summed E-state index contributed by atoms with van der Waals surface area (Å²) in [5, 5.41) is 3.96. The lowest BCUT2D eigenvalue weighted by Crippen LogP contribution is -2.29. The van der Waals surface area contributed by atoms with Crippen LogP contribution in [-0.4, -0.2) is 53.7 Å². The van der Waals surface area contributed by atoms with E-state index in [1.54, 1.807) is 36.4 Å². The first kappa shape index (κ1) is 20.5. The summed E-state index contributed by atoms with van der Waals surface area (Å²) >= 11 is 12.3. The molecule has 0 fully saturated rings. The molecule has 0 unspecified atom stereocenters. The van der Waals surface area contributed by atoms with Crippen LogP contribution in [0, 0.1) is 0 Å². The molecule has 0 bridgehead atoms. The Kier molecular flexibility index (Phi) is 5.90. The van der Waals surface area contributed by atoms with E-state index in [2.05, 4.69) is 15.3 Å². The number of pyridine rings is 1. The van der Waals surface area contributed by atoms with E-state index < -0.39 is 15.7 Å². The van der Waals surface area contributed by atoms with E-state index in [1.807, 2.05) is 0 Å². The summed E-state index contributed by atoms with van der Waals surface area (Å²) in [5.41, 5.74) is 0.0649. The molecule has 8 nitrogen and oxygen atoms in total. The van der Waals surface area contributed by atoms with Gasteiger partial charge in [0, 0.05) is 20.6 Å². The molecule has 0 saturated carbocycles. The number of aromatic nitrogens is 3. The van der Waals surface area contributed by atoms with E-state index in [1.165, 1.54) is 18.7 Å². The number of hydrogen-bond donors (Lipinski definition) is 1. The second-order valence-electron chi connectivity index (χ2n) is 6.06. The molecule has 0 saturated heterocycles. The molecule has 0 aliphatic carbocycles. The minimum absolute atomic E-state index is 0.0702. The lowest BCUT2D eigenvalue weighted by molar-refractivity contribution is 0.521. The maximum absolute atomic E-state index is 12.7. The van der Waals surface area contributed by atoms with Crippen LogP contribution in [0.4, 0.5) is 5.82 Å². The smallest absolute Gasteiger partial charge is 0.355 e. The average Bonchev–Trinajstić information content (AvgIpc) is 2.62. The number of benzene rings is 1. The van der Waals surface area contributed by atoms with E-state index in [0.29, 0.717) is 16.1 Å². The van der Waals surface area contributed by atoms with Gasteiger partial charge in [-0.2, -0.15) is 4.98 Å². The Morgan fingerprint density at radius 1 is 1.11 bits per heavy atom. The van der Waals surface area contributed by atoms with Gasteiger partial charge in [-0.05, 0) is 24.3 Å². The van der Waals surface area contributed by atoms with Crippen LogP contribution >= 0.6 is 23.2 Å². The van der Waals surface area contributed by atoms with Crippen molar-refractivity contribution >= 4 is 50.1 Å². The average molecular weight is 442 g/mol. The van der Waals surface area contributed by atoms with Crippen molar-refractivity contribution in [2.75, 3.05) is 31.7 Å². The normalized spacial score (nSPS) is 11.9. The molecular formula is C17H17Cl2N5O3S.